The Bertz CT molecular complexity index is 129. The number of hydrogen-bond donors (Lipinski definition) is 3. The standard InChI is InChI=1S/C8H19NO4/c1-6(2)4-5-8(10)7(3)13-9(11)12/h6-8,10-12H,4-5H2,1-3H3/t7-,8-/m0/s1. The maximum absolute atomic E-state index is 9.44. The van der Waals surface area contributed by atoms with Gasteiger partial charge in [0, 0.05) is 0 Å². The molecule has 0 radical (unpaired) electrons. The summed E-state index contributed by atoms with van der Waals surface area (Å²) >= 11 is 0. The van der Waals surface area contributed by atoms with Gasteiger partial charge in [0.1, 0.15) is 6.10 Å². The Balaban J connectivity index is 3.62. The van der Waals surface area contributed by atoms with Gasteiger partial charge in [0.15, 0.2) is 0 Å². The molecule has 0 heterocycles. The van der Waals surface area contributed by atoms with Gasteiger partial charge < -0.3 is 5.11 Å². The van der Waals surface area contributed by atoms with Gasteiger partial charge in [-0.3, -0.25) is 10.4 Å². The Hall–Kier alpha value is -0.200. The van der Waals surface area contributed by atoms with Crippen molar-refractivity contribution < 1.29 is 20.4 Å². The zero-order valence-electron chi connectivity index (χ0n) is 8.34. The highest BCUT2D eigenvalue weighted by atomic mass is 17.1. The van der Waals surface area contributed by atoms with E-state index in [1.807, 2.05) is 0 Å². The summed E-state index contributed by atoms with van der Waals surface area (Å²) in [6.07, 6.45) is 0.177. The third-order valence-electron chi connectivity index (χ3n) is 1.84. The fraction of sp³-hybridized carbons (Fsp3) is 1.00. The van der Waals surface area contributed by atoms with Gasteiger partial charge in [0.25, 0.3) is 0 Å². The molecular weight excluding hydrogens is 174 g/mol. The van der Waals surface area contributed by atoms with Crippen molar-refractivity contribution >= 4 is 0 Å². The molecule has 0 aromatic carbocycles. The van der Waals surface area contributed by atoms with Gasteiger partial charge in [-0.15, -0.1) is 0 Å². The predicted molar refractivity (Wildman–Crippen MR) is 46.0 cm³/mol. The first kappa shape index (κ1) is 12.8. The first-order chi connectivity index (χ1) is 5.93. The van der Waals surface area contributed by atoms with Crippen molar-refractivity contribution in [3.05, 3.63) is 0 Å². The summed E-state index contributed by atoms with van der Waals surface area (Å²) in [5.41, 5.74) is 0. The highest BCUT2D eigenvalue weighted by Crippen LogP contribution is 2.11. The smallest absolute Gasteiger partial charge is 0.107 e. The van der Waals surface area contributed by atoms with Crippen LogP contribution in [0, 0.1) is 5.92 Å². The zero-order valence-corrected chi connectivity index (χ0v) is 8.34. The topological polar surface area (TPSA) is 73.2 Å². The fourth-order valence-corrected chi connectivity index (χ4v) is 0.958. The van der Waals surface area contributed by atoms with Crippen molar-refractivity contribution in [3.8, 4) is 0 Å². The summed E-state index contributed by atoms with van der Waals surface area (Å²) in [5, 5.41) is 25.7. The predicted octanol–water partition coefficient (Wildman–Crippen LogP) is 1.18. The van der Waals surface area contributed by atoms with Crippen molar-refractivity contribution in [2.75, 3.05) is 0 Å². The summed E-state index contributed by atoms with van der Waals surface area (Å²) in [4.78, 5) is 4.44. The lowest BCUT2D eigenvalue weighted by atomic mass is 10.0. The normalized spacial score (nSPS) is 16.6. The largest absolute Gasteiger partial charge is 0.390 e. The second kappa shape index (κ2) is 6.28. The Morgan fingerprint density at radius 3 is 2.08 bits per heavy atom. The summed E-state index contributed by atoms with van der Waals surface area (Å²) in [5.74, 6) is 0.515. The molecule has 5 heteroatoms. The molecule has 0 bridgehead atoms. The van der Waals surface area contributed by atoms with Crippen LogP contribution in [0.1, 0.15) is 33.6 Å². The fourth-order valence-electron chi connectivity index (χ4n) is 0.958. The van der Waals surface area contributed by atoms with Crippen LogP contribution in [0.25, 0.3) is 0 Å². The van der Waals surface area contributed by atoms with E-state index in [0.29, 0.717) is 12.3 Å². The van der Waals surface area contributed by atoms with E-state index in [4.69, 9.17) is 10.4 Å². The van der Waals surface area contributed by atoms with Crippen molar-refractivity contribution in [1.82, 2.24) is 5.39 Å². The third kappa shape index (κ3) is 6.92. The number of aliphatic hydroxyl groups excluding tert-OH is 1. The number of aliphatic hydroxyl groups is 1. The van der Waals surface area contributed by atoms with Crippen LogP contribution >= 0.6 is 0 Å². The Morgan fingerprint density at radius 2 is 1.69 bits per heavy atom. The quantitative estimate of drug-likeness (QED) is 0.552. The van der Waals surface area contributed by atoms with Crippen LogP contribution in [0.5, 0.6) is 0 Å². The molecule has 0 fully saturated rings. The van der Waals surface area contributed by atoms with E-state index in [1.54, 1.807) is 6.92 Å². The Labute approximate surface area is 78.4 Å². The van der Waals surface area contributed by atoms with Crippen LogP contribution in [0.3, 0.4) is 0 Å². The van der Waals surface area contributed by atoms with Crippen LogP contribution in [-0.2, 0) is 4.84 Å². The van der Waals surface area contributed by atoms with Gasteiger partial charge in [-0.2, -0.15) is 0 Å². The molecule has 0 saturated heterocycles. The van der Waals surface area contributed by atoms with Crippen LogP contribution in [0.2, 0.25) is 0 Å². The van der Waals surface area contributed by atoms with E-state index in [9.17, 15) is 5.11 Å². The van der Waals surface area contributed by atoms with E-state index < -0.39 is 12.2 Å². The molecule has 2 atom stereocenters. The molecule has 0 spiro atoms. The zero-order chi connectivity index (χ0) is 10.4. The lowest BCUT2D eigenvalue weighted by molar-refractivity contribution is -0.507. The third-order valence-corrected chi connectivity index (χ3v) is 1.84. The van der Waals surface area contributed by atoms with E-state index >= 15 is 0 Å². The molecule has 13 heavy (non-hydrogen) atoms. The minimum Gasteiger partial charge on any atom is -0.390 e. The average Bonchev–Trinajstić information content (AvgIpc) is 1.98. The molecule has 5 nitrogen and oxygen atoms in total. The minimum atomic E-state index is -0.677. The second-order valence-corrected chi connectivity index (χ2v) is 3.60. The summed E-state index contributed by atoms with van der Waals surface area (Å²) in [6, 6.07) is 0. The molecule has 0 aliphatic heterocycles. The van der Waals surface area contributed by atoms with Gasteiger partial charge in [0.05, 0.1) is 11.5 Å². The highest BCUT2D eigenvalue weighted by Gasteiger charge is 2.17. The molecule has 0 aliphatic carbocycles. The van der Waals surface area contributed by atoms with Crippen LogP contribution in [0.4, 0.5) is 0 Å². The van der Waals surface area contributed by atoms with E-state index in [-0.39, 0.29) is 5.39 Å². The van der Waals surface area contributed by atoms with E-state index in [1.165, 1.54) is 0 Å². The lowest BCUT2D eigenvalue weighted by Gasteiger charge is -2.20. The Kier molecular flexibility index (Phi) is 6.19. The summed E-state index contributed by atoms with van der Waals surface area (Å²) in [6.45, 7) is 5.69. The second-order valence-electron chi connectivity index (χ2n) is 3.60. The molecule has 0 aromatic rings. The van der Waals surface area contributed by atoms with Crippen LogP contribution < -0.4 is 0 Å². The molecule has 0 unspecified atom stereocenters. The molecule has 0 amide bonds. The summed E-state index contributed by atoms with van der Waals surface area (Å²) < 4.78 is 0. The first-order valence-electron chi connectivity index (χ1n) is 4.46. The number of hydrogen-bond acceptors (Lipinski definition) is 5. The SMILES string of the molecule is CC(C)CC[C@H](O)[C@H](C)ON(O)O. The Morgan fingerprint density at radius 1 is 1.15 bits per heavy atom. The van der Waals surface area contributed by atoms with Crippen molar-refractivity contribution in [2.45, 2.75) is 45.8 Å². The van der Waals surface area contributed by atoms with Crippen LogP contribution in [0.15, 0.2) is 0 Å². The molecular formula is C8H19NO4. The van der Waals surface area contributed by atoms with Gasteiger partial charge in [0.2, 0.25) is 0 Å². The number of nitrogens with zero attached hydrogens (tertiary/aromatic N) is 1. The molecule has 0 aliphatic rings. The maximum atomic E-state index is 9.44. The maximum Gasteiger partial charge on any atom is 0.107 e. The van der Waals surface area contributed by atoms with Crippen molar-refractivity contribution in [1.29, 1.82) is 0 Å². The van der Waals surface area contributed by atoms with E-state index in [2.05, 4.69) is 18.7 Å². The van der Waals surface area contributed by atoms with Crippen molar-refractivity contribution in [3.63, 3.8) is 0 Å². The lowest BCUT2D eigenvalue weighted by Crippen LogP contribution is -2.32. The minimum absolute atomic E-state index is 0.372. The highest BCUT2D eigenvalue weighted by molar-refractivity contribution is 4.63. The average molecular weight is 193 g/mol. The molecule has 80 valence electrons. The molecule has 0 saturated carbocycles. The molecule has 3 N–H and O–H groups in total. The summed E-state index contributed by atoms with van der Waals surface area (Å²) in [7, 11) is 0. The first-order valence-corrected chi connectivity index (χ1v) is 4.46. The van der Waals surface area contributed by atoms with Gasteiger partial charge in [-0.05, 0) is 25.7 Å². The van der Waals surface area contributed by atoms with Gasteiger partial charge in [-0.1, -0.05) is 13.8 Å². The van der Waals surface area contributed by atoms with Crippen molar-refractivity contribution in [2.24, 2.45) is 5.92 Å². The number of rotatable bonds is 6. The van der Waals surface area contributed by atoms with E-state index in [0.717, 1.165) is 6.42 Å². The monoisotopic (exact) mass is 193 g/mol. The molecule has 0 rings (SSSR count). The van der Waals surface area contributed by atoms with Crippen LogP contribution in [-0.4, -0.2) is 33.1 Å². The van der Waals surface area contributed by atoms with Gasteiger partial charge in [-0.25, -0.2) is 4.84 Å². The van der Waals surface area contributed by atoms with Gasteiger partial charge >= 0.3 is 0 Å². The molecule has 0 aromatic heterocycles.